The minimum atomic E-state index is -3.77. The van der Waals surface area contributed by atoms with Gasteiger partial charge in [-0.2, -0.15) is 4.31 Å². The molecule has 1 aromatic heterocycles. The van der Waals surface area contributed by atoms with Crippen LogP contribution in [-0.4, -0.2) is 69.2 Å². The molecule has 0 unspecified atom stereocenters. The topological polar surface area (TPSA) is 128 Å². The molecule has 1 aromatic carbocycles. The van der Waals surface area contributed by atoms with Gasteiger partial charge in [-0.3, -0.25) is 4.79 Å². The van der Waals surface area contributed by atoms with Crippen molar-refractivity contribution in [2.24, 2.45) is 5.73 Å². The molecule has 3 rings (SSSR count). The van der Waals surface area contributed by atoms with E-state index in [1.165, 1.54) is 36.7 Å². The van der Waals surface area contributed by atoms with E-state index in [-0.39, 0.29) is 29.3 Å². The molecule has 0 radical (unpaired) electrons. The summed E-state index contributed by atoms with van der Waals surface area (Å²) in [6, 6.07) is 7.56. The number of anilines is 1. The molecule has 28 heavy (non-hydrogen) atoms. The number of primary amides is 1. The molecular formula is C17H21N5O5S. The van der Waals surface area contributed by atoms with Crippen molar-refractivity contribution in [3.8, 4) is 11.6 Å². The third kappa shape index (κ3) is 3.85. The molecular weight excluding hydrogens is 386 g/mol. The summed E-state index contributed by atoms with van der Waals surface area (Å²) in [7, 11) is -0.876. The average Bonchev–Trinajstić information content (AvgIpc) is 2.73. The molecule has 150 valence electrons. The van der Waals surface area contributed by atoms with Gasteiger partial charge in [0.15, 0.2) is 5.82 Å². The van der Waals surface area contributed by atoms with Gasteiger partial charge in [-0.15, -0.1) is 10.2 Å². The fraction of sp³-hybridized carbons (Fsp3) is 0.353. The first kappa shape index (κ1) is 19.8. The molecule has 1 amide bonds. The Hall–Kier alpha value is -2.92. The average molecular weight is 407 g/mol. The summed E-state index contributed by atoms with van der Waals surface area (Å²) in [6.45, 7) is 1.46. The number of aromatic nitrogens is 2. The summed E-state index contributed by atoms with van der Waals surface area (Å²) < 4.78 is 37.3. The van der Waals surface area contributed by atoms with E-state index in [4.69, 9.17) is 15.2 Å². The number of carbonyl (C=O) groups is 1. The lowest BCUT2D eigenvalue weighted by atomic mass is 10.2. The Balaban J connectivity index is 1.75. The van der Waals surface area contributed by atoms with Crippen molar-refractivity contribution in [3.05, 3.63) is 35.9 Å². The second kappa shape index (κ2) is 7.98. The van der Waals surface area contributed by atoms with Gasteiger partial charge in [0.1, 0.15) is 5.75 Å². The van der Waals surface area contributed by atoms with Crippen molar-refractivity contribution in [2.45, 2.75) is 4.90 Å². The summed E-state index contributed by atoms with van der Waals surface area (Å²) >= 11 is 0. The lowest BCUT2D eigenvalue weighted by molar-refractivity contribution is 0.0997. The molecule has 0 atom stereocenters. The minimum Gasteiger partial charge on any atom is -0.496 e. The molecule has 0 spiro atoms. The summed E-state index contributed by atoms with van der Waals surface area (Å²) in [4.78, 5) is 13.5. The van der Waals surface area contributed by atoms with Crippen LogP contribution in [0.1, 0.15) is 10.4 Å². The molecule has 0 bridgehead atoms. The molecule has 2 heterocycles. The van der Waals surface area contributed by atoms with Crippen molar-refractivity contribution >= 4 is 21.7 Å². The Morgan fingerprint density at radius 2 is 1.75 bits per heavy atom. The highest BCUT2D eigenvalue weighted by molar-refractivity contribution is 7.89. The first-order chi connectivity index (χ1) is 13.4. The predicted molar refractivity (Wildman–Crippen MR) is 101 cm³/mol. The fourth-order valence-electron chi connectivity index (χ4n) is 2.94. The van der Waals surface area contributed by atoms with Crippen LogP contribution < -0.4 is 20.1 Å². The van der Waals surface area contributed by atoms with Crippen molar-refractivity contribution in [1.82, 2.24) is 14.5 Å². The van der Waals surface area contributed by atoms with Crippen molar-refractivity contribution in [1.29, 1.82) is 0 Å². The van der Waals surface area contributed by atoms with Gasteiger partial charge in [-0.25, -0.2) is 8.42 Å². The van der Waals surface area contributed by atoms with Crippen LogP contribution in [0.4, 0.5) is 5.82 Å². The fourth-order valence-corrected chi connectivity index (χ4v) is 4.39. The first-order valence-electron chi connectivity index (χ1n) is 8.47. The van der Waals surface area contributed by atoms with Crippen LogP contribution in [0.3, 0.4) is 0 Å². The quantitative estimate of drug-likeness (QED) is 0.714. The number of benzene rings is 1. The molecule has 1 aliphatic heterocycles. The maximum absolute atomic E-state index is 13.0. The zero-order valence-electron chi connectivity index (χ0n) is 15.5. The zero-order chi connectivity index (χ0) is 20.3. The summed E-state index contributed by atoms with van der Waals surface area (Å²) in [5.41, 5.74) is 5.35. The van der Waals surface area contributed by atoms with E-state index < -0.39 is 15.9 Å². The van der Waals surface area contributed by atoms with Gasteiger partial charge in [-0.05, 0) is 24.3 Å². The van der Waals surface area contributed by atoms with Gasteiger partial charge in [0.2, 0.25) is 15.9 Å². The van der Waals surface area contributed by atoms with Crippen molar-refractivity contribution in [3.63, 3.8) is 0 Å². The monoisotopic (exact) mass is 407 g/mol. The highest BCUT2D eigenvalue weighted by Crippen LogP contribution is 2.25. The number of nitrogens with two attached hydrogens (primary N) is 1. The SMILES string of the molecule is COc1ccc(N2CCN(S(=O)(=O)c3ccc(OC)c(C(N)=O)c3)CC2)nn1. The molecule has 2 aromatic rings. The molecule has 1 saturated heterocycles. The summed E-state index contributed by atoms with van der Waals surface area (Å²) in [5, 5.41) is 8.02. The molecule has 1 aliphatic rings. The first-order valence-corrected chi connectivity index (χ1v) is 9.91. The Kier molecular flexibility index (Phi) is 5.66. The van der Waals surface area contributed by atoms with E-state index in [2.05, 4.69) is 10.2 Å². The number of ether oxygens (including phenoxy) is 2. The molecule has 1 fully saturated rings. The number of piperazine rings is 1. The van der Waals surface area contributed by atoms with Gasteiger partial charge < -0.3 is 20.1 Å². The highest BCUT2D eigenvalue weighted by atomic mass is 32.2. The Morgan fingerprint density at radius 3 is 2.29 bits per heavy atom. The Labute approximate surface area is 162 Å². The van der Waals surface area contributed by atoms with E-state index in [1.54, 1.807) is 12.1 Å². The lowest BCUT2D eigenvalue weighted by Gasteiger charge is -2.34. The largest absolute Gasteiger partial charge is 0.496 e. The standard InChI is InChI=1S/C17H21N5O5S/c1-26-14-4-3-12(11-13(14)17(18)23)28(24,25)22-9-7-21(8-10-22)15-5-6-16(27-2)20-19-15/h3-6,11H,7-10H2,1-2H3,(H2,18,23). The molecule has 0 saturated carbocycles. The number of methoxy groups -OCH3 is 2. The maximum Gasteiger partial charge on any atom is 0.252 e. The van der Waals surface area contributed by atoms with Crippen molar-refractivity contribution in [2.75, 3.05) is 45.3 Å². The minimum absolute atomic E-state index is 0.000195. The third-order valence-corrected chi connectivity index (χ3v) is 6.37. The number of amides is 1. The van der Waals surface area contributed by atoms with Crippen LogP contribution in [0.25, 0.3) is 0 Å². The summed E-state index contributed by atoms with van der Waals surface area (Å²) in [5.74, 6) is 0.541. The van der Waals surface area contributed by atoms with Gasteiger partial charge >= 0.3 is 0 Å². The van der Waals surface area contributed by atoms with Gasteiger partial charge in [0.25, 0.3) is 5.91 Å². The molecule has 2 N–H and O–H groups in total. The van der Waals surface area contributed by atoms with Gasteiger partial charge in [0, 0.05) is 32.2 Å². The van der Waals surface area contributed by atoms with E-state index in [1.807, 2.05) is 4.90 Å². The number of hydrogen-bond acceptors (Lipinski definition) is 8. The number of hydrogen-bond donors (Lipinski definition) is 1. The van der Waals surface area contributed by atoms with E-state index >= 15 is 0 Å². The zero-order valence-corrected chi connectivity index (χ0v) is 16.3. The normalized spacial score (nSPS) is 15.3. The number of carbonyl (C=O) groups excluding carboxylic acids is 1. The van der Waals surface area contributed by atoms with Crippen LogP contribution in [0.15, 0.2) is 35.2 Å². The molecule has 0 aliphatic carbocycles. The van der Waals surface area contributed by atoms with E-state index in [0.717, 1.165) is 0 Å². The lowest BCUT2D eigenvalue weighted by Crippen LogP contribution is -2.49. The number of nitrogens with zero attached hydrogens (tertiary/aromatic N) is 4. The van der Waals surface area contributed by atoms with Gasteiger partial charge in [-0.1, -0.05) is 0 Å². The van der Waals surface area contributed by atoms with Crippen molar-refractivity contribution < 1.29 is 22.7 Å². The van der Waals surface area contributed by atoms with Crippen LogP contribution in [0.2, 0.25) is 0 Å². The van der Waals surface area contributed by atoms with Gasteiger partial charge in [0.05, 0.1) is 24.7 Å². The van der Waals surface area contributed by atoms with E-state index in [9.17, 15) is 13.2 Å². The second-order valence-corrected chi connectivity index (χ2v) is 7.99. The van der Waals surface area contributed by atoms with Crippen LogP contribution >= 0.6 is 0 Å². The Morgan fingerprint density at radius 1 is 1.04 bits per heavy atom. The molecule has 10 nitrogen and oxygen atoms in total. The molecule has 11 heteroatoms. The van der Waals surface area contributed by atoms with Crippen LogP contribution in [0, 0.1) is 0 Å². The van der Waals surface area contributed by atoms with E-state index in [0.29, 0.717) is 24.8 Å². The van der Waals surface area contributed by atoms with Crippen LogP contribution in [0.5, 0.6) is 11.6 Å². The highest BCUT2D eigenvalue weighted by Gasteiger charge is 2.30. The van der Waals surface area contributed by atoms with Crippen LogP contribution in [-0.2, 0) is 10.0 Å². The third-order valence-electron chi connectivity index (χ3n) is 4.47. The maximum atomic E-state index is 13.0. The number of sulfonamides is 1. The summed E-state index contributed by atoms with van der Waals surface area (Å²) in [6.07, 6.45) is 0. The Bertz CT molecular complexity index is 956. The predicted octanol–water partition coefficient (Wildman–Crippen LogP) is 0.104. The number of rotatable bonds is 6. The second-order valence-electron chi connectivity index (χ2n) is 6.05. The smallest absolute Gasteiger partial charge is 0.252 e.